The minimum Gasteiger partial charge on any atom is -0.339 e. The maximum Gasteiger partial charge on any atom is 0.272 e. The molecule has 1 atom stereocenters. The first-order valence-electron chi connectivity index (χ1n) is 9.09. The zero-order valence-corrected chi connectivity index (χ0v) is 16.1. The van der Waals surface area contributed by atoms with Gasteiger partial charge < -0.3 is 15.5 Å². The number of fused-ring (bicyclic) bond motifs is 1. The summed E-state index contributed by atoms with van der Waals surface area (Å²) in [7, 11) is 0. The molecule has 2 aromatic rings. The van der Waals surface area contributed by atoms with Gasteiger partial charge in [-0.25, -0.2) is 0 Å². The maximum absolute atomic E-state index is 12.9. The Morgan fingerprint density at radius 2 is 2.07 bits per heavy atom. The van der Waals surface area contributed by atoms with E-state index in [-0.39, 0.29) is 24.2 Å². The maximum atomic E-state index is 12.9. The number of halogens is 1. The number of rotatable bonds is 3. The van der Waals surface area contributed by atoms with Crippen LogP contribution in [0.15, 0.2) is 24.3 Å². The minimum absolute atomic E-state index is 0. The lowest BCUT2D eigenvalue weighted by Gasteiger charge is -2.32. The Labute approximate surface area is 164 Å². The highest BCUT2D eigenvalue weighted by Gasteiger charge is 2.32. The largest absolute Gasteiger partial charge is 0.339 e. The molecule has 27 heavy (non-hydrogen) atoms. The molecule has 2 amide bonds. The van der Waals surface area contributed by atoms with Gasteiger partial charge in [0.25, 0.3) is 5.91 Å². The Hall–Kier alpha value is -2.38. The van der Waals surface area contributed by atoms with Crippen LogP contribution in [0.1, 0.15) is 40.2 Å². The SMILES string of the molecule is Cc1ccc(N2CCCC(NC(=O)c3n[nH]c4c3CNCC4)C2=O)cc1.Cl. The Morgan fingerprint density at radius 3 is 2.85 bits per heavy atom. The fourth-order valence-electron chi connectivity index (χ4n) is 3.63. The van der Waals surface area contributed by atoms with Crippen molar-refractivity contribution in [3.63, 3.8) is 0 Å². The molecule has 0 spiro atoms. The van der Waals surface area contributed by atoms with Crippen LogP contribution in [0.25, 0.3) is 0 Å². The molecule has 1 fully saturated rings. The first kappa shape index (κ1) is 19.4. The van der Waals surface area contributed by atoms with Gasteiger partial charge in [-0.2, -0.15) is 5.10 Å². The Bertz CT molecular complexity index is 833. The number of hydrogen-bond donors (Lipinski definition) is 3. The molecule has 2 aliphatic heterocycles. The van der Waals surface area contributed by atoms with Gasteiger partial charge in [0.1, 0.15) is 6.04 Å². The second kappa shape index (κ2) is 8.10. The summed E-state index contributed by atoms with van der Waals surface area (Å²) in [5.41, 5.74) is 4.34. The second-order valence-corrected chi connectivity index (χ2v) is 6.95. The number of anilines is 1. The van der Waals surface area contributed by atoms with Gasteiger partial charge in [0.2, 0.25) is 5.91 Å². The third kappa shape index (κ3) is 3.84. The average molecular weight is 390 g/mol. The molecule has 3 N–H and O–H groups in total. The van der Waals surface area contributed by atoms with E-state index in [0.717, 1.165) is 41.9 Å². The van der Waals surface area contributed by atoms with Crippen molar-refractivity contribution in [2.75, 3.05) is 18.0 Å². The van der Waals surface area contributed by atoms with Crippen LogP contribution < -0.4 is 15.5 Å². The number of piperidine rings is 1. The van der Waals surface area contributed by atoms with Gasteiger partial charge in [0, 0.05) is 43.0 Å². The monoisotopic (exact) mass is 389 g/mol. The Kier molecular flexibility index (Phi) is 5.82. The van der Waals surface area contributed by atoms with Gasteiger partial charge in [0.15, 0.2) is 5.69 Å². The lowest BCUT2D eigenvalue weighted by atomic mass is 10.0. The van der Waals surface area contributed by atoms with Crippen molar-refractivity contribution in [2.24, 2.45) is 0 Å². The van der Waals surface area contributed by atoms with Crippen LogP contribution in [0.2, 0.25) is 0 Å². The lowest BCUT2D eigenvalue weighted by Crippen LogP contribution is -2.52. The molecule has 1 aromatic heterocycles. The van der Waals surface area contributed by atoms with E-state index in [9.17, 15) is 9.59 Å². The molecule has 1 unspecified atom stereocenters. The van der Waals surface area contributed by atoms with E-state index >= 15 is 0 Å². The van der Waals surface area contributed by atoms with E-state index in [2.05, 4.69) is 20.8 Å². The third-order valence-electron chi connectivity index (χ3n) is 5.11. The van der Waals surface area contributed by atoms with E-state index < -0.39 is 6.04 Å². The number of nitrogens with one attached hydrogen (secondary N) is 3. The van der Waals surface area contributed by atoms with E-state index in [1.165, 1.54) is 0 Å². The van der Waals surface area contributed by atoms with E-state index in [1.54, 1.807) is 4.90 Å². The second-order valence-electron chi connectivity index (χ2n) is 6.95. The first-order valence-corrected chi connectivity index (χ1v) is 9.09. The summed E-state index contributed by atoms with van der Waals surface area (Å²) in [6.07, 6.45) is 2.34. The highest BCUT2D eigenvalue weighted by molar-refractivity contribution is 6.02. The van der Waals surface area contributed by atoms with E-state index in [4.69, 9.17) is 0 Å². The highest BCUT2D eigenvalue weighted by atomic mass is 35.5. The van der Waals surface area contributed by atoms with Crippen LogP contribution >= 0.6 is 12.4 Å². The minimum atomic E-state index is -0.513. The van der Waals surface area contributed by atoms with Crippen LogP contribution in [-0.2, 0) is 17.8 Å². The van der Waals surface area contributed by atoms with Gasteiger partial charge in [0.05, 0.1) is 0 Å². The Balaban J connectivity index is 0.00000210. The quantitative estimate of drug-likeness (QED) is 0.745. The number of aromatic nitrogens is 2. The fourth-order valence-corrected chi connectivity index (χ4v) is 3.63. The van der Waals surface area contributed by atoms with Gasteiger partial charge in [-0.05, 0) is 31.9 Å². The summed E-state index contributed by atoms with van der Waals surface area (Å²) in [5, 5.41) is 13.3. The molecule has 0 saturated carbocycles. The summed E-state index contributed by atoms with van der Waals surface area (Å²) in [6.45, 7) is 4.20. The van der Waals surface area contributed by atoms with Crippen LogP contribution in [0.3, 0.4) is 0 Å². The fraction of sp³-hybridized carbons (Fsp3) is 0.421. The lowest BCUT2D eigenvalue weighted by molar-refractivity contribution is -0.121. The van der Waals surface area contributed by atoms with Crippen molar-refractivity contribution >= 4 is 29.9 Å². The molecule has 8 heteroatoms. The molecule has 3 heterocycles. The Morgan fingerprint density at radius 1 is 1.30 bits per heavy atom. The number of benzene rings is 1. The molecule has 4 rings (SSSR count). The molecule has 0 bridgehead atoms. The van der Waals surface area contributed by atoms with Crippen molar-refractivity contribution in [3.8, 4) is 0 Å². The standard InChI is InChI=1S/C19H23N5O2.ClH/c1-12-4-6-13(7-5-12)24-10-2-3-16(19(24)26)21-18(25)17-14-11-20-9-8-15(14)22-23-17;/h4-7,16,20H,2-3,8-11H2,1H3,(H,21,25)(H,22,23);1H. The van der Waals surface area contributed by atoms with Crippen molar-refractivity contribution in [1.29, 1.82) is 0 Å². The predicted octanol–water partition coefficient (Wildman–Crippen LogP) is 1.71. The van der Waals surface area contributed by atoms with Crippen LogP contribution in [-0.4, -0.2) is 41.1 Å². The van der Waals surface area contributed by atoms with Gasteiger partial charge in [-0.15, -0.1) is 12.4 Å². The highest BCUT2D eigenvalue weighted by Crippen LogP contribution is 2.22. The van der Waals surface area contributed by atoms with Crippen molar-refractivity contribution in [2.45, 2.75) is 38.8 Å². The number of hydrogen-bond acceptors (Lipinski definition) is 4. The number of amides is 2. The number of aryl methyl sites for hydroxylation is 1. The summed E-state index contributed by atoms with van der Waals surface area (Å²) in [5.74, 6) is -0.341. The number of H-pyrrole nitrogens is 1. The van der Waals surface area contributed by atoms with Crippen LogP contribution in [0.4, 0.5) is 5.69 Å². The molecule has 0 aliphatic carbocycles. The van der Waals surface area contributed by atoms with Crippen molar-refractivity contribution in [1.82, 2.24) is 20.8 Å². The van der Waals surface area contributed by atoms with Gasteiger partial charge in [-0.1, -0.05) is 17.7 Å². The normalized spacial score (nSPS) is 19.2. The number of carbonyl (C=O) groups is 2. The van der Waals surface area contributed by atoms with Crippen molar-refractivity contribution in [3.05, 3.63) is 46.8 Å². The summed E-state index contributed by atoms with van der Waals surface area (Å²) >= 11 is 0. The van der Waals surface area contributed by atoms with Crippen molar-refractivity contribution < 1.29 is 9.59 Å². The molecule has 7 nitrogen and oxygen atoms in total. The van der Waals surface area contributed by atoms with Gasteiger partial charge in [-0.3, -0.25) is 14.7 Å². The first-order chi connectivity index (χ1) is 12.6. The predicted molar refractivity (Wildman–Crippen MR) is 105 cm³/mol. The number of carbonyl (C=O) groups excluding carboxylic acids is 2. The van der Waals surface area contributed by atoms with Gasteiger partial charge >= 0.3 is 0 Å². The third-order valence-corrected chi connectivity index (χ3v) is 5.11. The molecular formula is C19H24ClN5O2. The molecular weight excluding hydrogens is 366 g/mol. The smallest absolute Gasteiger partial charge is 0.272 e. The van der Waals surface area contributed by atoms with E-state index in [0.29, 0.717) is 25.2 Å². The summed E-state index contributed by atoms with van der Waals surface area (Å²) in [6, 6.07) is 7.38. The molecule has 0 radical (unpaired) electrons. The number of nitrogens with zero attached hydrogens (tertiary/aromatic N) is 2. The zero-order valence-electron chi connectivity index (χ0n) is 15.2. The van der Waals surface area contributed by atoms with Crippen LogP contribution in [0.5, 0.6) is 0 Å². The van der Waals surface area contributed by atoms with E-state index in [1.807, 2.05) is 31.2 Å². The molecule has 1 saturated heterocycles. The zero-order chi connectivity index (χ0) is 18.1. The van der Waals surface area contributed by atoms with Crippen LogP contribution in [0, 0.1) is 6.92 Å². The molecule has 144 valence electrons. The summed E-state index contributed by atoms with van der Waals surface area (Å²) in [4.78, 5) is 27.3. The topological polar surface area (TPSA) is 90.1 Å². The molecule has 1 aromatic carbocycles. The molecule has 2 aliphatic rings. The summed E-state index contributed by atoms with van der Waals surface area (Å²) < 4.78 is 0. The average Bonchev–Trinajstić information content (AvgIpc) is 3.08. The number of aromatic amines is 1.